The van der Waals surface area contributed by atoms with Crippen LogP contribution >= 0.6 is 0 Å². The maximum absolute atomic E-state index is 2.26. The lowest BCUT2D eigenvalue weighted by Crippen LogP contribution is -2.32. The van der Waals surface area contributed by atoms with Gasteiger partial charge in [0.05, 0.1) is 0 Å². The van der Waals surface area contributed by atoms with Crippen LogP contribution in [0.15, 0.2) is 24.5 Å². The molecule has 0 unspecified atom stereocenters. The highest BCUT2D eigenvalue weighted by Crippen LogP contribution is 2.10. The Morgan fingerprint density at radius 3 is 2.31 bits per heavy atom. The standard InChI is InChI=1S/C12H20N/c1-4-5-8-13-9-6-12(7-10-13)11(2)3/h6-7,9-11H,4-5,8H2,1-3H3/q+1. The highest BCUT2D eigenvalue weighted by molar-refractivity contribution is 5.11. The van der Waals surface area contributed by atoms with Crippen molar-refractivity contribution in [3.63, 3.8) is 0 Å². The summed E-state index contributed by atoms with van der Waals surface area (Å²) in [4.78, 5) is 0. The molecule has 0 saturated heterocycles. The fraction of sp³-hybridized carbons (Fsp3) is 0.583. The fourth-order valence-corrected chi connectivity index (χ4v) is 1.34. The van der Waals surface area contributed by atoms with Crippen molar-refractivity contribution in [2.24, 2.45) is 0 Å². The Kier molecular flexibility index (Phi) is 3.94. The lowest BCUT2D eigenvalue weighted by Gasteiger charge is -2.02. The summed E-state index contributed by atoms with van der Waals surface area (Å²) in [5.41, 5.74) is 1.42. The monoisotopic (exact) mass is 178 g/mol. The number of hydrogen-bond acceptors (Lipinski definition) is 0. The molecule has 0 aliphatic carbocycles. The zero-order valence-electron chi connectivity index (χ0n) is 8.96. The van der Waals surface area contributed by atoms with Crippen LogP contribution in [-0.4, -0.2) is 0 Å². The Hall–Kier alpha value is -0.850. The van der Waals surface area contributed by atoms with E-state index >= 15 is 0 Å². The molecule has 0 aliphatic heterocycles. The molecule has 0 spiro atoms. The van der Waals surface area contributed by atoms with E-state index in [-0.39, 0.29) is 0 Å². The summed E-state index contributed by atoms with van der Waals surface area (Å²) in [6.45, 7) is 7.83. The molecule has 72 valence electrons. The van der Waals surface area contributed by atoms with Crippen LogP contribution in [0.1, 0.15) is 45.1 Å². The predicted octanol–water partition coefficient (Wildman–Crippen LogP) is 2.90. The van der Waals surface area contributed by atoms with Crippen molar-refractivity contribution in [2.45, 2.75) is 46.1 Å². The van der Waals surface area contributed by atoms with E-state index in [0.717, 1.165) is 6.54 Å². The molecule has 1 heterocycles. The molecule has 0 atom stereocenters. The SMILES string of the molecule is CCCC[n+]1ccc(C(C)C)cc1. The molecule has 1 heteroatoms. The van der Waals surface area contributed by atoms with Gasteiger partial charge in [0.15, 0.2) is 12.4 Å². The highest BCUT2D eigenvalue weighted by Gasteiger charge is 2.02. The Morgan fingerprint density at radius 2 is 1.85 bits per heavy atom. The average molecular weight is 178 g/mol. The van der Waals surface area contributed by atoms with Crippen LogP contribution < -0.4 is 4.57 Å². The van der Waals surface area contributed by atoms with Gasteiger partial charge in [0.2, 0.25) is 0 Å². The van der Waals surface area contributed by atoms with Gasteiger partial charge in [0.25, 0.3) is 0 Å². The summed E-state index contributed by atoms with van der Waals surface area (Å²) in [7, 11) is 0. The molecule has 0 N–H and O–H groups in total. The summed E-state index contributed by atoms with van der Waals surface area (Å²) in [6, 6.07) is 4.45. The van der Waals surface area contributed by atoms with Crippen molar-refractivity contribution in [3.05, 3.63) is 30.1 Å². The molecule has 0 aliphatic rings. The van der Waals surface area contributed by atoms with Gasteiger partial charge in [-0.3, -0.25) is 0 Å². The van der Waals surface area contributed by atoms with Crippen LogP contribution in [0.3, 0.4) is 0 Å². The number of pyridine rings is 1. The molecule has 0 fully saturated rings. The van der Waals surface area contributed by atoms with Gasteiger partial charge in [0.1, 0.15) is 6.54 Å². The topological polar surface area (TPSA) is 3.88 Å². The minimum Gasteiger partial charge on any atom is -0.205 e. The van der Waals surface area contributed by atoms with Crippen molar-refractivity contribution >= 4 is 0 Å². The zero-order chi connectivity index (χ0) is 9.68. The smallest absolute Gasteiger partial charge is 0.169 e. The van der Waals surface area contributed by atoms with E-state index in [0.29, 0.717) is 5.92 Å². The Morgan fingerprint density at radius 1 is 1.23 bits per heavy atom. The second-order valence-corrected chi connectivity index (χ2v) is 3.88. The summed E-state index contributed by atoms with van der Waals surface area (Å²) < 4.78 is 2.26. The first kappa shape index (κ1) is 10.2. The van der Waals surface area contributed by atoms with Crippen molar-refractivity contribution < 1.29 is 4.57 Å². The van der Waals surface area contributed by atoms with Crippen molar-refractivity contribution in [1.82, 2.24) is 0 Å². The van der Waals surface area contributed by atoms with Crippen LogP contribution in [0.4, 0.5) is 0 Å². The molecule has 0 amide bonds. The first-order valence-corrected chi connectivity index (χ1v) is 5.23. The van der Waals surface area contributed by atoms with E-state index in [4.69, 9.17) is 0 Å². The summed E-state index contributed by atoms with van der Waals surface area (Å²) >= 11 is 0. The van der Waals surface area contributed by atoms with E-state index in [1.807, 2.05) is 0 Å². The van der Waals surface area contributed by atoms with Gasteiger partial charge in [-0.25, -0.2) is 4.57 Å². The summed E-state index contributed by atoms with van der Waals surface area (Å²) in [5, 5.41) is 0. The number of rotatable bonds is 4. The van der Waals surface area contributed by atoms with Crippen molar-refractivity contribution in [2.75, 3.05) is 0 Å². The average Bonchev–Trinajstić information content (AvgIpc) is 2.15. The van der Waals surface area contributed by atoms with Gasteiger partial charge >= 0.3 is 0 Å². The molecule has 13 heavy (non-hydrogen) atoms. The Bertz CT molecular complexity index is 236. The minimum absolute atomic E-state index is 0.640. The summed E-state index contributed by atoms with van der Waals surface area (Å²) in [6.07, 6.45) is 6.90. The van der Waals surface area contributed by atoms with E-state index in [1.54, 1.807) is 0 Å². The van der Waals surface area contributed by atoms with Crippen LogP contribution in [-0.2, 0) is 6.54 Å². The third-order valence-corrected chi connectivity index (χ3v) is 2.35. The van der Waals surface area contributed by atoms with Gasteiger partial charge in [0, 0.05) is 18.6 Å². The van der Waals surface area contributed by atoms with E-state index in [1.165, 1.54) is 18.4 Å². The molecular weight excluding hydrogens is 158 g/mol. The molecule has 0 radical (unpaired) electrons. The number of aryl methyl sites for hydroxylation is 1. The Labute approximate surface area is 81.4 Å². The first-order valence-electron chi connectivity index (χ1n) is 5.23. The maximum atomic E-state index is 2.26. The molecule has 1 rings (SSSR count). The normalized spacial score (nSPS) is 10.8. The Balaban J connectivity index is 2.59. The number of nitrogens with zero attached hydrogens (tertiary/aromatic N) is 1. The first-order chi connectivity index (χ1) is 6.24. The van der Waals surface area contributed by atoms with E-state index in [9.17, 15) is 0 Å². The maximum Gasteiger partial charge on any atom is 0.169 e. The number of unbranched alkanes of at least 4 members (excludes halogenated alkanes) is 1. The molecular formula is C12H20N+. The molecule has 0 aromatic carbocycles. The minimum atomic E-state index is 0.640. The molecule has 0 bridgehead atoms. The third kappa shape index (κ3) is 3.17. The van der Waals surface area contributed by atoms with Gasteiger partial charge < -0.3 is 0 Å². The highest BCUT2D eigenvalue weighted by atomic mass is 14.9. The van der Waals surface area contributed by atoms with Gasteiger partial charge in [-0.15, -0.1) is 0 Å². The largest absolute Gasteiger partial charge is 0.205 e. The lowest BCUT2D eigenvalue weighted by atomic mass is 10.1. The fourth-order valence-electron chi connectivity index (χ4n) is 1.34. The quantitative estimate of drug-likeness (QED) is 0.624. The second-order valence-electron chi connectivity index (χ2n) is 3.88. The lowest BCUT2D eigenvalue weighted by molar-refractivity contribution is -0.697. The molecule has 1 aromatic heterocycles. The van der Waals surface area contributed by atoms with Crippen LogP contribution in [0.2, 0.25) is 0 Å². The van der Waals surface area contributed by atoms with Crippen LogP contribution in [0.5, 0.6) is 0 Å². The molecule has 0 saturated carbocycles. The van der Waals surface area contributed by atoms with Crippen molar-refractivity contribution in [1.29, 1.82) is 0 Å². The van der Waals surface area contributed by atoms with Crippen molar-refractivity contribution in [3.8, 4) is 0 Å². The predicted molar refractivity (Wildman–Crippen MR) is 55.6 cm³/mol. The third-order valence-electron chi connectivity index (χ3n) is 2.35. The van der Waals surface area contributed by atoms with E-state index < -0.39 is 0 Å². The van der Waals surface area contributed by atoms with Crippen LogP contribution in [0, 0.1) is 0 Å². The zero-order valence-corrected chi connectivity index (χ0v) is 8.96. The van der Waals surface area contributed by atoms with Crippen LogP contribution in [0.25, 0.3) is 0 Å². The van der Waals surface area contributed by atoms with E-state index in [2.05, 4.69) is 49.9 Å². The number of hydrogen-bond donors (Lipinski definition) is 0. The second kappa shape index (κ2) is 5.00. The van der Waals surface area contributed by atoms with Gasteiger partial charge in [-0.1, -0.05) is 27.2 Å². The van der Waals surface area contributed by atoms with Gasteiger partial charge in [-0.2, -0.15) is 0 Å². The number of aromatic nitrogens is 1. The summed E-state index contributed by atoms with van der Waals surface area (Å²) in [5.74, 6) is 0.640. The van der Waals surface area contributed by atoms with Gasteiger partial charge in [-0.05, 0) is 11.5 Å². The molecule has 1 aromatic rings. The molecule has 1 nitrogen and oxygen atoms in total.